The molecule has 0 radical (unpaired) electrons. The SMILES string of the molecule is Cc1ccc(-c2ccccc2)cc1N(c1ccc2cc3c(cc2c1)-c1cc2ccc(-c4ccccc4)cc2cc1-3)c1cccc2c1oc1ccccc12. The Morgan fingerprint density at radius 3 is 1.66 bits per heavy atom. The van der Waals surface area contributed by atoms with Gasteiger partial charge in [-0.05, 0) is 139 Å². The number of nitrogens with zero attached hydrogens (tertiary/aromatic N) is 1. The van der Waals surface area contributed by atoms with Crippen LogP contribution in [0.15, 0.2) is 186 Å². The molecule has 1 aliphatic rings. The van der Waals surface area contributed by atoms with Gasteiger partial charge in [0.2, 0.25) is 0 Å². The van der Waals surface area contributed by atoms with Gasteiger partial charge >= 0.3 is 0 Å². The standard InChI is InChI=1S/C51H33NO/c1-32-19-20-38(34-13-6-3-7-14-34)31-49(32)52(48-17-10-16-43-42-15-8-9-18-50(42)53-51(43)48)41-24-23-37-28-45-46-29-39-25-35(33-11-4-2-5-12-33)21-22-36(39)27-44(46)47(45)30-40(37)26-41/h2-31H,1H3. The average Bonchev–Trinajstić information content (AvgIpc) is 3.60. The third-order valence-corrected chi connectivity index (χ3v) is 11.1. The first kappa shape index (κ1) is 29.8. The van der Waals surface area contributed by atoms with Crippen molar-refractivity contribution in [3.05, 3.63) is 188 Å². The molecule has 0 spiro atoms. The van der Waals surface area contributed by atoms with Crippen LogP contribution in [0.4, 0.5) is 17.1 Å². The summed E-state index contributed by atoms with van der Waals surface area (Å²) >= 11 is 0. The fourth-order valence-corrected chi connectivity index (χ4v) is 8.34. The molecule has 0 unspecified atom stereocenters. The summed E-state index contributed by atoms with van der Waals surface area (Å²) in [6, 6.07) is 66.0. The molecule has 0 atom stereocenters. The first-order valence-corrected chi connectivity index (χ1v) is 18.2. The Kier molecular flexibility index (Phi) is 6.50. The number of anilines is 3. The van der Waals surface area contributed by atoms with Crippen LogP contribution in [0.2, 0.25) is 0 Å². The number of benzene rings is 9. The molecule has 1 aliphatic carbocycles. The van der Waals surface area contributed by atoms with Crippen LogP contribution in [0.5, 0.6) is 0 Å². The van der Waals surface area contributed by atoms with Crippen molar-refractivity contribution in [1.29, 1.82) is 0 Å². The quantitative estimate of drug-likeness (QED) is 0.181. The largest absolute Gasteiger partial charge is 0.454 e. The predicted molar refractivity (Wildman–Crippen MR) is 223 cm³/mol. The number of fused-ring (bicyclic) bond motifs is 9. The van der Waals surface area contributed by atoms with Gasteiger partial charge < -0.3 is 9.32 Å². The second-order valence-electron chi connectivity index (χ2n) is 14.2. The Hall–Kier alpha value is -6.90. The second kappa shape index (κ2) is 11.6. The zero-order valence-corrected chi connectivity index (χ0v) is 29.2. The number of para-hydroxylation sites is 2. The Labute approximate surface area is 307 Å². The van der Waals surface area contributed by atoms with E-state index in [2.05, 4.69) is 188 Å². The van der Waals surface area contributed by atoms with E-state index >= 15 is 0 Å². The van der Waals surface area contributed by atoms with Crippen LogP contribution in [0, 0.1) is 6.92 Å². The predicted octanol–water partition coefficient (Wildman–Crippen LogP) is 14.7. The third kappa shape index (κ3) is 4.73. The molecular weight excluding hydrogens is 643 g/mol. The van der Waals surface area contributed by atoms with Gasteiger partial charge in [-0.1, -0.05) is 121 Å². The molecule has 10 aromatic rings. The van der Waals surface area contributed by atoms with Crippen LogP contribution in [0.25, 0.3) is 88.0 Å². The highest BCUT2D eigenvalue weighted by atomic mass is 16.3. The highest BCUT2D eigenvalue weighted by molar-refractivity contribution is 6.13. The Morgan fingerprint density at radius 2 is 0.943 bits per heavy atom. The molecule has 1 aromatic heterocycles. The van der Waals surface area contributed by atoms with Gasteiger partial charge in [0.15, 0.2) is 5.58 Å². The molecule has 2 heteroatoms. The Morgan fingerprint density at radius 1 is 0.377 bits per heavy atom. The maximum absolute atomic E-state index is 6.66. The summed E-state index contributed by atoms with van der Waals surface area (Å²) in [5.74, 6) is 0. The average molecular weight is 676 g/mol. The lowest BCUT2D eigenvalue weighted by Gasteiger charge is -2.29. The maximum Gasteiger partial charge on any atom is 0.159 e. The van der Waals surface area contributed by atoms with Crippen molar-refractivity contribution < 1.29 is 4.42 Å². The fraction of sp³-hybridized carbons (Fsp3) is 0.0196. The van der Waals surface area contributed by atoms with Crippen LogP contribution in [0.3, 0.4) is 0 Å². The second-order valence-corrected chi connectivity index (χ2v) is 14.2. The number of furan rings is 1. The van der Waals surface area contributed by atoms with E-state index in [1.807, 2.05) is 6.07 Å². The number of aryl methyl sites for hydroxylation is 1. The maximum atomic E-state index is 6.66. The van der Waals surface area contributed by atoms with Gasteiger partial charge in [-0.3, -0.25) is 0 Å². The van der Waals surface area contributed by atoms with Gasteiger partial charge in [0.25, 0.3) is 0 Å². The highest BCUT2D eigenvalue weighted by Crippen LogP contribution is 2.51. The van der Waals surface area contributed by atoms with Crippen LogP contribution in [0.1, 0.15) is 5.56 Å². The van der Waals surface area contributed by atoms with Gasteiger partial charge in [-0.25, -0.2) is 0 Å². The normalized spacial score (nSPS) is 11.9. The topological polar surface area (TPSA) is 16.4 Å². The highest BCUT2D eigenvalue weighted by Gasteiger charge is 2.25. The van der Waals surface area contributed by atoms with Gasteiger partial charge in [0.1, 0.15) is 5.58 Å². The Bertz CT molecular complexity index is 3060. The van der Waals surface area contributed by atoms with Crippen molar-refractivity contribution in [3.8, 4) is 44.5 Å². The van der Waals surface area contributed by atoms with Crippen molar-refractivity contribution in [2.75, 3.05) is 4.90 Å². The van der Waals surface area contributed by atoms with E-state index in [4.69, 9.17) is 4.42 Å². The molecule has 248 valence electrons. The van der Waals surface area contributed by atoms with E-state index < -0.39 is 0 Å². The van der Waals surface area contributed by atoms with E-state index in [-0.39, 0.29) is 0 Å². The van der Waals surface area contributed by atoms with Crippen LogP contribution >= 0.6 is 0 Å². The number of hydrogen-bond acceptors (Lipinski definition) is 2. The summed E-state index contributed by atoms with van der Waals surface area (Å²) in [6.45, 7) is 2.20. The van der Waals surface area contributed by atoms with E-state index in [1.165, 1.54) is 71.6 Å². The van der Waals surface area contributed by atoms with Crippen molar-refractivity contribution in [3.63, 3.8) is 0 Å². The zero-order chi connectivity index (χ0) is 35.0. The lowest BCUT2D eigenvalue weighted by molar-refractivity contribution is 0.669. The molecule has 2 nitrogen and oxygen atoms in total. The van der Waals surface area contributed by atoms with E-state index in [9.17, 15) is 0 Å². The first-order valence-electron chi connectivity index (χ1n) is 18.2. The van der Waals surface area contributed by atoms with Crippen molar-refractivity contribution in [2.24, 2.45) is 0 Å². The van der Waals surface area contributed by atoms with Crippen LogP contribution in [-0.2, 0) is 0 Å². The molecule has 0 fully saturated rings. The summed E-state index contributed by atoms with van der Waals surface area (Å²) in [5.41, 5.74) is 16.3. The molecule has 1 heterocycles. The monoisotopic (exact) mass is 675 g/mol. The number of hydrogen-bond donors (Lipinski definition) is 0. The summed E-state index contributed by atoms with van der Waals surface area (Å²) in [5, 5.41) is 7.22. The first-order chi connectivity index (χ1) is 26.2. The van der Waals surface area contributed by atoms with Crippen molar-refractivity contribution >= 4 is 60.5 Å². The molecule has 0 N–H and O–H groups in total. The van der Waals surface area contributed by atoms with Crippen molar-refractivity contribution in [2.45, 2.75) is 6.92 Å². The molecule has 0 amide bonds. The molecule has 9 aromatic carbocycles. The Balaban J connectivity index is 1.07. The third-order valence-electron chi connectivity index (χ3n) is 11.1. The molecule has 0 bridgehead atoms. The van der Waals surface area contributed by atoms with Crippen LogP contribution < -0.4 is 4.90 Å². The van der Waals surface area contributed by atoms with Crippen LogP contribution in [-0.4, -0.2) is 0 Å². The fourth-order valence-electron chi connectivity index (χ4n) is 8.34. The van der Waals surface area contributed by atoms with Gasteiger partial charge in [0.05, 0.1) is 5.69 Å². The zero-order valence-electron chi connectivity index (χ0n) is 29.2. The minimum absolute atomic E-state index is 0.881. The minimum atomic E-state index is 0.881. The van der Waals surface area contributed by atoms with E-state index in [1.54, 1.807) is 0 Å². The molecule has 11 rings (SSSR count). The molecular formula is C51H33NO. The number of rotatable bonds is 5. The molecule has 0 saturated carbocycles. The van der Waals surface area contributed by atoms with Gasteiger partial charge in [-0.15, -0.1) is 0 Å². The lowest BCUT2D eigenvalue weighted by atomic mass is 9.77. The lowest BCUT2D eigenvalue weighted by Crippen LogP contribution is -2.12. The molecule has 0 aliphatic heterocycles. The van der Waals surface area contributed by atoms with E-state index in [0.29, 0.717) is 0 Å². The smallest absolute Gasteiger partial charge is 0.159 e. The van der Waals surface area contributed by atoms with Crippen molar-refractivity contribution in [1.82, 2.24) is 0 Å². The van der Waals surface area contributed by atoms with Gasteiger partial charge in [0, 0.05) is 22.1 Å². The minimum Gasteiger partial charge on any atom is -0.454 e. The van der Waals surface area contributed by atoms with E-state index in [0.717, 1.165) is 39.0 Å². The molecule has 53 heavy (non-hydrogen) atoms. The summed E-state index contributed by atoms with van der Waals surface area (Å²) < 4.78 is 6.66. The molecule has 0 saturated heterocycles. The summed E-state index contributed by atoms with van der Waals surface area (Å²) in [6.07, 6.45) is 0. The summed E-state index contributed by atoms with van der Waals surface area (Å²) in [7, 11) is 0. The summed E-state index contributed by atoms with van der Waals surface area (Å²) in [4.78, 5) is 2.39. The van der Waals surface area contributed by atoms with Gasteiger partial charge in [-0.2, -0.15) is 0 Å².